The van der Waals surface area contributed by atoms with Crippen molar-refractivity contribution in [3.8, 4) is 5.75 Å². The second-order valence-electron chi connectivity index (χ2n) is 8.80. The Morgan fingerprint density at radius 2 is 1.55 bits per heavy atom. The number of rotatable bonds is 8. The summed E-state index contributed by atoms with van der Waals surface area (Å²) in [6.45, 7) is 5.33. The molecule has 0 atom stereocenters. The molecule has 0 unspecified atom stereocenters. The van der Waals surface area contributed by atoms with E-state index in [1.807, 2.05) is 66.4 Å². The van der Waals surface area contributed by atoms with E-state index in [2.05, 4.69) is 6.92 Å². The fourth-order valence-corrected chi connectivity index (χ4v) is 4.91. The van der Waals surface area contributed by atoms with Gasteiger partial charge in [0.25, 0.3) is 11.8 Å². The fourth-order valence-electron chi connectivity index (χ4n) is 4.91. The lowest BCUT2D eigenvalue weighted by Crippen LogP contribution is -2.42. The Morgan fingerprint density at radius 1 is 0.879 bits per heavy atom. The summed E-state index contributed by atoms with van der Waals surface area (Å²) in [5.74, 6) is 0.438. The van der Waals surface area contributed by atoms with E-state index >= 15 is 0 Å². The van der Waals surface area contributed by atoms with Gasteiger partial charge in [-0.2, -0.15) is 0 Å². The van der Waals surface area contributed by atoms with Gasteiger partial charge < -0.3 is 9.64 Å². The highest BCUT2D eigenvalue weighted by molar-refractivity contribution is 6.36. The Morgan fingerprint density at radius 3 is 2.15 bits per heavy atom. The number of para-hydroxylation sites is 1. The number of amides is 2. The number of hydrogen-bond donors (Lipinski definition) is 0. The van der Waals surface area contributed by atoms with Crippen molar-refractivity contribution in [1.82, 2.24) is 4.90 Å². The predicted molar refractivity (Wildman–Crippen MR) is 132 cm³/mol. The predicted octanol–water partition coefficient (Wildman–Crippen LogP) is 5.80. The summed E-state index contributed by atoms with van der Waals surface area (Å²) in [5, 5.41) is 0. The Bertz CT molecular complexity index is 990. The van der Waals surface area contributed by atoms with E-state index in [1.54, 1.807) is 4.90 Å². The number of likely N-dealkylation sites (N-methyl/N-ethyl adjacent to an activating group) is 1. The van der Waals surface area contributed by atoms with Crippen LogP contribution in [0.5, 0.6) is 5.75 Å². The molecular formula is C28H34N2O3. The molecule has 2 aromatic carbocycles. The first-order valence-electron chi connectivity index (χ1n) is 12.3. The van der Waals surface area contributed by atoms with E-state index in [4.69, 9.17) is 4.74 Å². The van der Waals surface area contributed by atoms with Gasteiger partial charge in [-0.15, -0.1) is 0 Å². The average molecular weight is 447 g/mol. The highest BCUT2D eigenvalue weighted by Crippen LogP contribution is 2.37. The van der Waals surface area contributed by atoms with Crippen LogP contribution in [-0.4, -0.2) is 35.9 Å². The molecule has 1 heterocycles. The molecule has 2 amide bonds. The number of benzene rings is 2. The van der Waals surface area contributed by atoms with E-state index in [0.29, 0.717) is 24.4 Å². The second-order valence-corrected chi connectivity index (χ2v) is 8.80. The van der Waals surface area contributed by atoms with Gasteiger partial charge >= 0.3 is 0 Å². The summed E-state index contributed by atoms with van der Waals surface area (Å²) in [6.07, 6.45) is 7.17. The first-order chi connectivity index (χ1) is 16.2. The first-order valence-corrected chi connectivity index (χ1v) is 12.3. The van der Waals surface area contributed by atoms with Crippen molar-refractivity contribution in [3.05, 3.63) is 65.9 Å². The van der Waals surface area contributed by atoms with Gasteiger partial charge in [0.2, 0.25) is 0 Å². The average Bonchev–Trinajstić information content (AvgIpc) is 3.01. The van der Waals surface area contributed by atoms with Crippen molar-refractivity contribution in [3.63, 3.8) is 0 Å². The summed E-state index contributed by atoms with van der Waals surface area (Å²) in [7, 11) is 0. The Hall–Kier alpha value is -3.08. The van der Waals surface area contributed by atoms with Crippen molar-refractivity contribution in [2.45, 2.75) is 64.8 Å². The molecule has 0 aromatic heterocycles. The minimum Gasteiger partial charge on any atom is -0.494 e. The third-order valence-electron chi connectivity index (χ3n) is 6.55. The Kier molecular flexibility index (Phi) is 7.48. The molecule has 0 N–H and O–H groups in total. The number of nitrogens with zero attached hydrogens (tertiary/aromatic N) is 2. The van der Waals surface area contributed by atoms with Gasteiger partial charge in [-0.1, -0.05) is 62.9 Å². The summed E-state index contributed by atoms with van der Waals surface area (Å²) < 4.78 is 5.73. The van der Waals surface area contributed by atoms with Crippen LogP contribution in [0.4, 0.5) is 5.69 Å². The van der Waals surface area contributed by atoms with Crippen LogP contribution in [0.1, 0.15) is 64.4 Å². The SMILES string of the molecule is CCCOc1ccc(C2=C(N(CC)c3ccccc3)C(=O)N(C3CCCCCC3)C2=O)cc1. The normalized spacial score (nSPS) is 17.5. The first kappa shape index (κ1) is 23.1. The van der Waals surface area contributed by atoms with Crippen LogP contribution in [0, 0.1) is 0 Å². The molecule has 33 heavy (non-hydrogen) atoms. The monoisotopic (exact) mass is 446 g/mol. The van der Waals surface area contributed by atoms with Crippen molar-refractivity contribution in [1.29, 1.82) is 0 Å². The summed E-state index contributed by atoms with van der Waals surface area (Å²) in [5.41, 5.74) is 2.66. The maximum Gasteiger partial charge on any atom is 0.278 e. The highest BCUT2D eigenvalue weighted by Gasteiger charge is 2.44. The minimum atomic E-state index is -0.168. The fraction of sp³-hybridized carbons (Fsp3) is 0.429. The number of hydrogen-bond acceptors (Lipinski definition) is 4. The van der Waals surface area contributed by atoms with Crippen LogP contribution in [0.3, 0.4) is 0 Å². The molecule has 2 aliphatic rings. The van der Waals surface area contributed by atoms with Gasteiger partial charge in [0.15, 0.2) is 0 Å². The van der Waals surface area contributed by atoms with Gasteiger partial charge in [0, 0.05) is 18.3 Å². The number of imide groups is 1. The zero-order valence-electron chi connectivity index (χ0n) is 19.8. The molecule has 5 nitrogen and oxygen atoms in total. The van der Waals surface area contributed by atoms with E-state index < -0.39 is 0 Å². The van der Waals surface area contributed by atoms with Crippen LogP contribution in [0.15, 0.2) is 60.3 Å². The van der Waals surface area contributed by atoms with Gasteiger partial charge in [-0.3, -0.25) is 14.5 Å². The number of carbonyl (C=O) groups excluding carboxylic acids is 2. The third kappa shape index (κ3) is 4.82. The van der Waals surface area contributed by atoms with Crippen LogP contribution < -0.4 is 9.64 Å². The second kappa shape index (κ2) is 10.7. The van der Waals surface area contributed by atoms with Crippen LogP contribution in [0.25, 0.3) is 5.57 Å². The van der Waals surface area contributed by atoms with Gasteiger partial charge in [-0.05, 0) is 56.0 Å². The van der Waals surface area contributed by atoms with E-state index in [-0.39, 0.29) is 17.9 Å². The quantitative estimate of drug-likeness (QED) is 0.380. The smallest absolute Gasteiger partial charge is 0.278 e. The summed E-state index contributed by atoms with van der Waals surface area (Å²) in [4.78, 5) is 31.2. The summed E-state index contributed by atoms with van der Waals surface area (Å²) >= 11 is 0. The zero-order valence-corrected chi connectivity index (χ0v) is 19.8. The Balaban J connectivity index is 1.77. The Labute approximate surface area is 197 Å². The molecule has 0 radical (unpaired) electrons. The van der Waals surface area contributed by atoms with Crippen molar-refractivity contribution >= 4 is 23.1 Å². The lowest BCUT2D eigenvalue weighted by atomic mass is 10.0. The number of anilines is 1. The lowest BCUT2D eigenvalue weighted by molar-refractivity contribution is -0.139. The van der Waals surface area contributed by atoms with Gasteiger partial charge in [0.1, 0.15) is 11.4 Å². The van der Waals surface area contributed by atoms with Gasteiger partial charge in [-0.25, -0.2) is 0 Å². The number of ether oxygens (including phenoxy) is 1. The maximum absolute atomic E-state index is 13.9. The molecule has 1 aliphatic heterocycles. The minimum absolute atomic E-state index is 0.0263. The van der Waals surface area contributed by atoms with Gasteiger partial charge in [0.05, 0.1) is 12.2 Å². The standard InChI is InChI=1S/C28H34N2O3/c1-3-20-33-24-18-16-21(17-19-24)25-26(29(4-2)22-12-10-7-11-13-22)28(32)30(27(25)31)23-14-8-5-6-9-15-23/h7,10-13,16-19,23H,3-6,8-9,14-15,20H2,1-2H3. The lowest BCUT2D eigenvalue weighted by Gasteiger charge is -2.28. The van der Waals surface area contributed by atoms with Crippen molar-refractivity contribution < 1.29 is 14.3 Å². The third-order valence-corrected chi connectivity index (χ3v) is 6.55. The van der Waals surface area contributed by atoms with E-state index in [0.717, 1.165) is 49.1 Å². The van der Waals surface area contributed by atoms with E-state index in [1.165, 1.54) is 12.8 Å². The van der Waals surface area contributed by atoms with E-state index in [9.17, 15) is 9.59 Å². The molecule has 0 bridgehead atoms. The van der Waals surface area contributed by atoms with Crippen LogP contribution in [0.2, 0.25) is 0 Å². The summed E-state index contributed by atoms with van der Waals surface area (Å²) in [6, 6.07) is 17.4. The van der Waals surface area contributed by atoms with Crippen LogP contribution >= 0.6 is 0 Å². The molecule has 1 saturated carbocycles. The van der Waals surface area contributed by atoms with Crippen molar-refractivity contribution in [2.75, 3.05) is 18.1 Å². The molecular weight excluding hydrogens is 412 g/mol. The zero-order chi connectivity index (χ0) is 23.2. The molecule has 4 rings (SSSR count). The molecule has 174 valence electrons. The molecule has 1 aliphatic carbocycles. The number of carbonyl (C=O) groups is 2. The topological polar surface area (TPSA) is 49.9 Å². The molecule has 0 saturated heterocycles. The molecule has 5 heteroatoms. The largest absolute Gasteiger partial charge is 0.494 e. The maximum atomic E-state index is 13.9. The molecule has 2 aromatic rings. The highest BCUT2D eigenvalue weighted by atomic mass is 16.5. The molecule has 0 spiro atoms. The molecule has 1 fully saturated rings. The van der Waals surface area contributed by atoms with Crippen LogP contribution in [-0.2, 0) is 9.59 Å². The van der Waals surface area contributed by atoms with Crippen molar-refractivity contribution in [2.24, 2.45) is 0 Å².